The van der Waals surface area contributed by atoms with Crippen molar-refractivity contribution in [3.8, 4) is 0 Å². The Bertz CT molecular complexity index is 297. The van der Waals surface area contributed by atoms with Crippen molar-refractivity contribution in [1.82, 2.24) is 15.5 Å². The highest BCUT2D eigenvalue weighted by atomic mass is 35.5. The molecule has 0 aromatic carbocycles. The van der Waals surface area contributed by atoms with Crippen molar-refractivity contribution in [2.45, 2.75) is 31.7 Å². The van der Waals surface area contributed by atoms with Crippen molar-refractivity contribution in [2.24, 2.45) is 0 Å². The molecule has 0 bridgehead atoms. The van der Waals surface area contributed by atoms with E-state index in [0.29, 0.717) is 11.1 Å². The zero-order valence-corrected chi connectivity index (χ0v) is 8.80. The van der Waals surface area contributed by atoms with Crippen molar-refractivity contribution >= 4 is 11.6 Å². The summed E-state index contributed by atoms with van der Waals surface area (Å²) in [7, 11) is 0. The number of hydrogen-bond acceptors (Lipinski definition) is 3. The maximum atomic E-state index is 5.84. The maximum absolute atomic E-state index is 5.84. The first-order chi connectivity index (χ1) is 6.84. The summed E-state index contributed by atoms with van der Waals surface area (Å²) in [6.45, 7) is 1.12. The van der Waals surface area contributed by atoms with Gasteiger partial charge in [-0.15, -0.1) is 0 Å². The molecule has 2 rings (SSSR count). The molecular weight excluding hydrogens is 198 g/mol. The topological polar surface area (TPSA) is 37.8 Å². The van der Waals surface area contributed by atoms with Crippen molar-refractivity contribution < 1.29 is 0 Å². The molecule has 1 atom stereocenters. The Hall–Kier alpha value is -0.670. The number of halogens is 1. The number of nitrogens with one attached hydrogen (secondary N) is 1. The van der Waals surface area contributed by atoms with Gasteiger partial charge < -0.3 is 5.32 Å². The van der Waals surface area contributed by atoms with E-state index in [1.54, 1.807) is 6.20 Å². The fourth-order valence-corrected chi connectivity index (χ4v) is 2.00. The summed E-state index contributed by atoms with van der Waals surface area (Å²) in [5.74, 6) is 0. The van der Waals surface area contributed by atoms with E-state index in [4.69, 9.17) is 11.6 Å². The molecule has 1 aromatic heterocycles. The van der Waals surface area contributed by atoms with Crippen molar-refractivity contribution in [3.63, 3.8) is 0 Å². The van der Waals surface area contributed by atoms with Crippen molar-refractivity contribution in [3.05, 3.63) is 23.0 Å². The van der Waals surface area contributed by atoms with E-state index in [1.807, 2.05) is 6.07 Å². The molecule has 1 saturated heterocycles. The van der Waals surface area contributed by atoms with Gasteiger partial charge in [-0.25, -0.2) is 0 Å². The van der Waals surface area contributed by atoms with E-state index >= 15 is 0 Å². The first kappa shape index (κ1) is 9.87. The lowest BCUT2D eigenvalue weighted by molar-refractivity contribution is 0.396. The second-order valence-electron chi connectivity index (χ2n) is 3.72. The number of piperidine rings is 1. The van der Waals surface area contributed by atoms with E-state index in [9.17, 15) is 0 Å². The van der Waals surface area contributed by atoms with Crippen LogP contribution >= 0.6 is 11.6 Å². The molecule has 1 unspecified atom stereocenters. The van der Waals surface area contributed by atoms with Crippen LogP contribution in [0.3, 0.4) is 0 Å². The summed E-state index contributed by atoms with van der Waals surface area (Å²) in [5, 5.41) is 12.0. The molecule has 4 heteroatoms. The highest BCUT2D eigenvalue weighted by Crippen LogP contribution is 2.13. The molecule has 1 aliphatic rings. The summed E-state index contributed by atoms with van der Waals surface area (Å²) >= 11 is 5.84. The quantitative estimate of drug-likeness (QED) is 0.811. The minimum atomic E-state index is 0.552. The molecule has 1 fully saturated rings. The molecule has 0 aliphatic carbocycles. The fourth-order valence-electron chi connectivity index (χ4n) is 1.83. The third-order valence-corrected chi connectivity index (χ3v) is 2.75. The molecule has 0 radical (unpaired) electrons. The number of nitrogens with zero attached hydrogens (tertiary/aromatic N) is 2. The molecule has 2 heterocycles. The van der Waals surface area contributed by atoms with E-state index < -0.39 is 0 Å². The Labute approximate surface area is 88.9 Å². The van der Waals surface area contributed by atoms with Crippen LogP contribution in [0.25, 0.3) is 0 Å². The molecule has 0 spiro atoms. The number of hydrogen-bond donors (Lipinski definition) is 1. The van der Waals surface area contributed by atoms with Crippen LogP contribution in [0.1, 0.15) is 25.0 Å². The second-order valence-corrected chi connectivity index (χ2v) is 4.15. The third-order valence-electron chi connectivity index (χ3n) is 2.54. The average Bonchev–Trinajstić information content (AvgIpc) is 2.19. The highest BCUT2D eigenvalue weighted by molar-refractivity contribution is 6.30. The van der Waals surface area contributed by atoms with Crippen LogP contribution in [-0.2, 0) is 6.42 Å². The van der Waals surface area contributed by atoms with E-state index in [2.05, 4.69) is 15.5 Å². The molecule has 0 amide bonds. The lowest BCUT2D eigenvalue weighted by atomic mass is 10.0. The van der Waals surface area contributed by atoms with Crippen LogP contribution in [0, 0.1) is 0 Å². The van der Waals surface area contributed by atoms with Gasteiger partial charge in [0, 0.05) is 12.5 Å². The minimum absolute atomic E-state index is 0.552. The molecule has 1 N–H and O–H groups in total. The molecule has 14 heavy (non-hydrogen) atoms. The zero-order chi connectivity index (χ0) is 9.80. The van der Waals surface area contributed by atoms with Gasteiger partial charge in [-0.3, -0.25) is 0 Å². The summed E-state index contributed by atoms with van der Waals surface area (Å²) in [5.41, 5.74) is 0.983. The zero-order valence-electron chi connectivity index (χ0n) is 8.04. The largest absolute Gasteiger partial charge is 0.314 e. The maximum Gasteiger partial charge on any atom is 0.0682 e. The molecular formula is C10H14ClN3. The van der Waals surface area contributed by atoms with Gasteiger partial charge in [0.15, 0.2) is 0 Å². The summed E-state index contributed by atoms with van der Waals surface area (Å²) in [6, 6.07) is 2.45. The van der Waals surface area contributed by atoms with Gasteiger partial charge in [-0.2, -0.15) is 10.2 Å². The average molecular weight is 212 g/mol. The van der Waals surface area contributed by atoms with Crippen LogP contribution in [0.4, 0.5) is 0 Å². The van der Waals surface area contributed by atoms with Crippen molar-refractivity contribution in [2.75, 3.05) is 6.54 Å². The number of aromatic nitrogens is 2. The van der Waals surface area contributed by atoms with Gasteiger partial charge in [0.2, 0.25) is 0 Å². The lowest BCUT2D eigenvalue weighted by Crippen LogP contribution is -2.35. The number of rotatable bonds is 2. The predicted molar refractivity (Wildman–Crippen MR) is 56.4 cm³/mol. The molecule has 1 aliphatic heterocycles. The minimum Gasteiger partial charge on any atom is -0.314 e. The van der Waals surface area contributed by atoms with Gasteiger partial charge in [0.1, 0.15) is 0 Å². The Morgan fingerprint density at radius 2 is 2.43 bits per heavy atom. The summed E-state index contributed by atoms with van der Waals surface area (Å²) < 4.78 is 0. The molecule has 1 aromatic rings. The van der Waals surface area contributed by atoms with E-state index in [1.165, 1.54) is 19.3 Å². The Kier molecular flexibility index (Phi) is 3.32. The van der Waals surface area contributed by atoms with Crippen LogP contribution in [0.5, 0.6) is 0 Å². The standard InChI is InChI=1S/C10H14ClN3/c11-8-5-10(14-13-7-8)6-9-3-1-2-4-12-9/h5,7,9,12H,1-4,6H2. The van der Waals surface area contributed by atoms with Gasteiger partial charge in [-0.1, -0.05) is 18.0 Å². The van der Waals surface area contributed by atoms with Gasteiger partial charge in [0.05, 0.1) is 16.9 Å². The Balaban J connectivity index is 1.95. The molecule has 3 nitrogen and oxygen atoms in total. The summed E-state index contributed by atoms with van der Waals surface area (Å²) in [4.78, 5) is 0. The summed E-state index contributed by atoms with van der Waals surface area (Å²) in [6.07, 6.45) is 6.34. The van der Waals surface area contributed by atoms with Crippen LogP contribution < -0.4 is 5.32 Å². The Morgan fingerprint density at radius 3 is 3.14 bits per heavy atom. The molecule has 76 valence electrons. The molecule has 0 saturated carbocycles. The van der Waals surface area contributed by atoms with Gasteiger partial charge in [0.25, 0.3) is 0 Å². The smallest absolute Gasteiger partial charge is 0.0682 e. The van der Waals surface area contributed by atoms with Crippen LogP contribution in [0.2, 0.25) is 5.02 Å². The SMILES string of the molecule is Clc1cnnc(CC2CCCCN2)c1. The third kappa shape index (κ3) is 2.66. The first-order valence-electron chi connectivity index (χ1n) is 5.05. The fraction of sp³-hybridized carbons (Fsp3) is 0.600. The second kappa shape index (κ2) is 4.71. The highest BCUT2D eigenvalue weighted by Gasteiger charge is 2.13. The monoisotopic (exact) mass is 211 g/mol. The normalized spacial score (nSPS) is 22.2. The Morgan fingerprint density at radius 1 is 1.50 bits per heavy atom. The van der Waals surface area contributed by atoms with Crippen LogP contribution in [-0.4, -0.2) is 22.8 Å². The predicted octanol–water partition coefficient (Wildman–Crippen LogP) is 1.81. The van der Waals surface area contributed by atoms with Crippen molar-refractivity contribution in [1.29, 1.82) is 0 Å². The van der Waals surface area contributed by atoms with Gasteiger partial charge in [-0.05, 0) is 25.5 Å². The van der Waals surface area contributed by atoms with Crippen LogP contribution in [0.15, 0.2) is 12.3 Å². The van der Waals surface area contributed by atoms with E-state index in [-0.39, 0.29) is 0 Å². The van der Waals surface area contributed by atoms with Gasteiger partial charge >= 0.3 is 0 Å². The first-order valence-corrected chi connectivity index (χ1v) is 5.43. The lowest BCUT2D eigenvalue weighted by Gasteiger charge is -2.22. The van der Waals surface area contributed by atoms with E-state index in [0.717, 1.165) is 18.7 Å².